The lowest BCUT2D eigenvalue weighted by atomic mass is 10.1. The van der Waals surface area contributed by atoms with Gasteiger partial charge < -0.3 is 19.0 Å². The van der Waals surface area contributed by atoms with Crippen LogP contribution in [0, 0.1) is 0 Å². The Hall–Kier alpha value is -0.963. The van der Waals surface area contributed by atoms with E-state index in [0.29, 0.717) is 0 Å². The first-order valence-corrected chi connectivity index (χ1v) is 9.07. The molecule has 1 aromatic rings. The molecule has 0 spiro atoms. The fraction of sp³-hybridized carbons (Fsp3) is 0.571. The SMILES string of the molecule is CO[Si](CCCNN1Cc2ccc(c(N)c2)C1)(OC)OC. The summed E-state index contributed by atoms with van der Waals surface area (Å²) in [5.74, 6) is 0. The van der Waals surface area contributed by atoms with Gasteiger partial charge in [-0.05, 0) is 23.6 Å². The van der Waals surface area contributed by atoms with Crippen LogP contribution in [0.25, 0.3) is 0 Å². The van der Waals surface area contributed by atoms with Gasteiger partial charge in [0, 0.05) is 52.7 Å². The maximum atomic E-state index is 6.00. The predicted octanol–water partition coefficient (Wildman–Crippen LogP) is 1.36. The molecule has 0 atom stereocenters. The zero-order valence-corrected chi connectivity index (χ0v) is 14.0. The molecule has 0 unspecified atom stereocenters. The van der Waals surface area contributed by atoms with Crippen LogP contribution >= 0.6 is 0 Å². The van der Waals surface area contributed by atoms with Crippen LogP contribution in [0.15, 0.2) is 18.2 Å². The summed E-state index contributed by atoms with van der Waals surface area (Å²) in [6.07, 6.45) is 0.930. The van der Waals surface area contributed by atoms with Gasteiger partial charge in [0.15, 0.2) is 0 Å². The number of nitrogens with one attached hydrogen (secondary N) is 1. The maximum absolute atomic E-state index is 6.00. The van der Waals surface area contributed by atoms with E-state index in [0.717, 1.165) is 43.4 Å². The van der Waals surface area contributed by atoms with Crippen molar-refractivity contribution in [1.29, 1.82) is 0 Å². The van der Waals surface area contributed by atoms with Crippen LogP contribution in [0.3, 0.4) is 0 Å². The molecule has 0 saturated heterocycles. The molecule has 7 heteroatoms. The smallest absolute Gasteiger partial charge is 0.398 e. The van der Waals surface area contributed by atoms with Crippen molar-refractivity contribution in [3.8, 4) is 0 Å². The van der Waals surface area contributed by atoms with Crippen molar-refractivity contribution >= 4 is 14.5 Å². The number of rotatable bonds is 8. The molecule has 0 amide bonds. The molecule has 0 fully saturated rings. The second-order valence-electron chi connectivity index (χ2n) is 5.20. The van der Waals surface area contributed by atoms with E-state index in [2.05, 4.69) is 28.6 Å². The first kappa shape index (κ1) is 16.4. The highest BCUT2D eigenvalue weighted by atomic mass is 28.4. The van der Waals surface area contributed by atoms with Gasteiger partial charge in [-0.25, -0.2) is 5.01 Å². The summed E-state index contributed by atoms with van der Waals surface area (Å²) in [6.45, 7) is 2.54. The summed E-state index contributed by atoms with van der Waals surface area (Å²) in [7, 11) is 2.48. The Bertz CT molecular complexity index is 461. The van der Waals surface area contributed by atoms with Crippen LogP contribution in [0.4, 0.5) is 5.69 Å². The molecule has 0 aromatic heterocycles. The number of fused-ring (bicyclic) bond motifs is 4. The molecule has 118 valence electrons. The van der Waals surface area contributed by atoms with Gasteiger partial charge in [0.05, 0.1) is 0 Å². The number of nitrogens with two attached hydrogens (primary N) is 1. The van der Waals surface area contributed by atoms with E-state index in [-0.39, 0.29) is 0 Å². The minimum absolute atomic E-state index is 0.795. The van der Waals surface area contributed by atoms with Gasteiger partial charge in [-0.1, -0.05) is 12.1 Å². The molecule has 2 bridgehead atoms. The summed E-state index contributed by atoms with van der Waals surface area (Å²) in [5.41, 5.74) is 12.7. The molecule has 2 heterocycles. The quantitative estimate of drug-likeness (QED) is 0.429. The number of benzene rings is 1. The lowest BCUT2D eigenvalue weighted by Gasteiger charge is -2.25. The third-order valence-corrected chi connectivity index (χ3v) is 6.71. The van der Waals surface area contributed by atoms with Gasteiger partial charge in [0.2, 0.25) is 0 Å². The maximum Gasteiger partial charge on any atom is 0.500 e. The van der Waals surface area contributed by atoms with E-state index >= 15 is 0 Å². The second kappa shape index (κ2) is 7.35. The Morgan fingerprint density at radius 3 is 2.52 bits per heavy atom. The van der Waals surface area contributed by atoms with Crippen molar-refractivity contribution in [3.63, 3.8) is 0 Å². The Morgan fingerprint density at radius 2 is 1.90 bits per heavy atom. The molecular formula is C14H25N3O3Si. The van der Waals surface area contributed by atoms with E-state index in [4.69, 9.17) is 19.0 Å². The van der Waals surface area contributed by atoms with Crippen LogP contribution in [0.5, 0.6) is 0 Å². The van der Waals surface area contributed by atoms with Crippen molar-refractivity contribution in [2.24, 2.45) is 0 Å². The van der Waals surface area contributed by atoms with E-state index in [9.17, 15) is 0 Å². The van der Waals surface area contributed by atoms with Gasteiger partial charge in [-0.15, -0.1) is 0 Å². The summed E-state index contributed by atoms with van der Waals surface area (Å²) >= 11 is 0. The average molecular weight is 311 g/mol. The minimum atomic E-state index is -2.45. The monoisotopic (exact) mass is 311 g/mol. The zero-order valence-electron chi connectivity index (χ0n) is 13.0. The van der Waals surface area contributed by atoms with Crippen molar-refractivity contribution in [2.45, 2.75) is 25.6 Å². The highest BCUT2D eigenvalue weighted by molar-refractivity contribution is 6.60. The molecule has 6 nitrogen and oxygen atoms in total. The topological polar surface area (TPSA) is 69.0 Å². The predicted molar refractivity (Wildman–Crippen MR) is 84.3 cm³/mol. The minimum Gasteiger partial charge on any atom is -0.398 e. The molecule has 3 N–H and O–H groups in total. The molecule has 2 aliphatic rings. The number of nitrogens with zero attached hydrogens (tertiary/aromatic N) is 1. The third kappa shape index (κ3) is 4.03. The number of hydrogen-bond acceptors (Lipinski definition) is 6. The van der Waals surface area contributed by atoms with Crippen molar-refractivity contribution < 1.29 is 13.3 Å². The summed E-state index contributed by atoms with van der Waals surface area (Å²) < 4.78 is 16.2. The summed E-state index contributed by atoms with van der Waals surface area (Å²) in [4.78, 5) is 0. The van der Waals surface area contributed by atoms with Gasteiger partial charge in [-0.2, -0.15) is 0 Å². The van der Waals surface area contributed by atoms with E-state index in [1.165, 1.54) is 5.56 Å². The zero-order chi connectivity index (χ0) is 15.3. The standard InChI is InChI=1S/C14H25N3O3Si/c1-18-21(19-2,20-3)8-4-7-16-17-10-12-5-6-13(11-17)14(15)9-12/h5-6,9,16H,4,7-8,10-11,15H2,1-3H3. The van der Waals surface area contributed by atoms with Gasteiger partial charge in [-0.3, -0.25) is 5.43 Å². The number of hydrogen-bond donors (Lipinski definition) is 2. The molecule has 0 aliphatic carbocycles. The van der Waals surface area contributed by atoms with E-state index < -0.39 is 8.80 Å². The van der Waals surface area contributed by atoms with Gasteiger partial charge in [0.1, 0.15) is 0 Å². The Balaban J connectivity index is 1.78. The third-order valence-electron chi connectivity index (χ3n) is 3.87. The number of anilines is 1. The molecule has 0 radical (unpaired) electrons. The van der Waals surface area contributed by atoms with Crippen LogP contribution < -0.4 is 11.2 Å². The highest BCUT2D eigenvalue weighted by Crippen LogP contribution is 2.22. The fourth-order valence-corrected chi connectivity index (χ4v) is 4.30. The molecule has 3 rings (SSSR count). The summed E-state index contributed by atoms with van der Waals surface area (Å²) in [6, 6.07) is 7.08. The van der Waals surface area contributed by atoms with Crippen molar-refractivity contribution in [2.75, 3.05) is 33.6 Å². The Kier molecular flexibility index (Phi) is 5.74. The van der Waals surface area contributed by atoms with Crippen LogP contribution in [-0.4, -0.2) is 41.7 Å². The van der Waals surface area contributed by atoms with Crippen molar-refractivity contribution in [3.05, 3.63) is 29.3 Å². The Labute approximate surface area is 127 Å². The van der Waals surface area contributed by atoms with Crippen molar-refractivity contribution in [1.82, 2.24) is 10.4 Å². The fourth-order valence-electron chi connectivity index (χ4n) is 2.58. The molecule has 2 aliphatic heterocycles. The number of hydrazine groups is 1. The van der Waals surface area contributed by atoms with E-state index in [1.807, 2.05) is 0 Å². The van der Waals surface area contributed by atoms with Gasteiger partial charge in [0.25, 0.3) is 0 Å². The lowest BCUT2D eigenvalue weighted by Crippen LogP contribution is -2.44. The molecular weight excluding hydrogens is 286 g/mol. The molecule has 0 saturated carbocycles. The first-order chi connectivity index (χ1) is 10.1. The number of nitrogen functional groups attached to an aromatic ring is 1. The largest absolute Gasteiger partial charge is 0.500 e. The van der Waals surface area contributed by atoms with E-state index in [1.54, 1.807) is 21.3 Å². The van der Waals surface area contributed by atoms with Gasteiger partial charge >= 0.3 is 8.80 Å². The average Bonchev–Trinajstić information content (AvgIpc) is 2.79. The first-order valence-electron chi connectivity index (χ1n) is 7.13. The second-order valence-corrected chi connectivity index (χ2v) is 8.29. The molecule has 21 heavy (non-hydrogen) atoms. The summed E-state index contributed by atoms with van der Waals surface area (Å²) in [5, 5.41) is 2.19. The van der Waals surface area contributed by atoms with Crippen LogP contribution in [0.2, 0.25) is 6.04 Å². The van der Waals surface area contributed by atoms with Crippen LogP contribution in [0.1, 0.15) is 17.5 Å². The Morgan fingerprint density at radius 1 is 1.19 bits per heavy atom. The van der Waals surface area contributed by atoms with Crippen LogP contribution in [-0.2, 0) is 26.4 Å². The lowest BCUT2D eigenvalue weighted by molar-refractivity contribution is 0.120. The normalized spacial score (nSPS) is 15.4. The highest BCUT2D eigenvalue weighted by Gasteiger charge is 2.36. The molecule has 1 aromatic carbocycles.